The fourth-order valence-corrected chi connectivity index (χ4v) is 3.74. The van der Waals surface area contributed by atoms with Crippen molar-refractivity contribution in [1.29, 1.82) is 0 Å². The number of benzene rings is 3. The molecule has 0 fully saturated rings. The Balaban J connectivity index is 1.98. The molecule has 28 heavy (non-hydrogen) atoms. The number of sulfonamides is 1. The molecule has 0 radical (unpaired) electrons. The minimum Gasteiger partial charge on any atom is -0.495 e. The zero-order valence-electron chi connectivity index (χ0n) is 14.8. The number of aromatic carboxylic acids is 1. The molecular formula is C20H17NO6S. The highest BCUT2D eigenvalue weighted by molar-refractivity contribution is 7.92. The summed E-state index contributed by atoms with van der Waals surface area (Å²) in [5.74, 6) is -0.379. The molecule has 8 heteroatoms. The van der Waals surface area contributed by atoms with E-state index in [1.165, 1.54) is 19.2 Å². The van der Waals surface area contributed by atoms with Gasteiger partial charge in [0.05, 0.1) is 18.4 Å². The molecule has 0 aliphatic heterocycles. The summed E-state index contributed by atoms with van der Waals surface area (Å²) in [5, 5.41) is 9.16. The van der Waals surface area contributed by atoms with Crippen LogP contribution in [0, 0.1) is 0 Å². The molecule has 0 aliphatic carbocycles. The molecule has 3 aromatic rings. The lowest BCUT2D eigenvalue weighted by Crippen LogP contribution is -2.15. The number of ether oxygens (including phenoxy) is 2. The Kier molecular flexibility index (Phi) is 5.51. The number of rotatable bonds is 7. The summed E-state index contributed by atoms with van der Waals surface area (Å²) in [5.41, 5.74) is 0.0316. The predicted molar refractivity (Wildman–Crippen MR) is 104 cm³/mol. The number of hydrogen-bond donors (Lipinski definition) is 2. The van der Waals surface area contributed by atoms with Gasteiger partial charge in [-0.2, -0.15) is 0 Å². The van der Waals surface area contributed by atoms with Crippen molar-refractivity contribution in [3.63, 3.8) is 0 Å². The number of nitrogens with one attached hydrogen (secondary N) is 1. The second kappa shape index (κ2) is 8.01. The number of carbonyl (C=O) groups is 1. The van der Waals surface area contributed by atoms with E-state index >= 15 is 0 Å². The molecule has 3 rings (SSSR count). The lowest BCUT2D eigenvalue weighted by molar-refractivity contribution is 0.0696. The van der Waals surface area contributed by atoms with Crippen molar-refractivity contribution in [1.82, 2.24) is 0 Å². The van der Waals surface area contributed by atoms with Gasteiger partial charge in [-0.05, 0) is 42.5 Å². The van der Waals surface area contributed by atoms with Crippen LogP contribution >= 0.6 is 0 Å². The molecule has 0 heterocycles. The first-order valence-electron chi connectivity index (χ1n) is 8.17. The smallest absolute Gasteiger partial charge is 0.335 e. The number of anilines is 1. The Bertz CT molecular complexity index is 1100. The van der Waals surface area contributed by atoms with Gasteiger partial charge >= 0.3 is 5.97 Å². The highest BCUT2D eigenvalue weighted by Gasteiger charge is 2.23. The van der Waals surface area contributed by atoms with Crippen LogP contribution in [-0.2, 0) is 10.0 Å². The summed E-state index contributed by atoms with van der Waals surface area (Å²) in [4.78, 5) is 10.9. The Morgan fingerprint density at radius 2 is 1.61 bits per heavy atom. The van der Waals surface area contributed by atoms with Gasteiger partial charge in [0, 0.05) is 0 Å². The Morgan fingerprint density at radius 1 is 0.929 bits per heavy atom. The van der Waals surface area contributed by atoms with Crippen LogP contribution in [0.1, 0.15) is 10.4 Å². The van der Waals surface area contributed by atoms with Crippen LogP contribution in [0.25, 0.3) is 0 Å². The van der Waals surface area contributed by atoms with Gasteiger partial charge < -0.3 is 14.6 Å². The lowest BCUT2D eigenvalue weighted by atomic mass is 10.2. The second-order valence-corrected chi connectivity index (χ2v) is 7.34. The average Bonchev–Trinajstić information content (AvgIpc) is 2.69. The normalized spacial score (nSPS) is 10.9. The fraction of sp³-hybridized carbons (Fsp3) is 0.0500. The largest absolute Gasteiger partial charge is 0.495 e. The summed E-state index contributed by atoms with van der Waals surface area (Å²) >= 11 is 0. The summed E-state index contributed by atoms with van der Waals surface area (Å²) < 4.78 is 39.1. The third-order valence-electron chi connectivity index (χ3n) is 3.80. The van der Waals surface area contributed by atoms with Gasteiger partial charge in [-0.25, -0.2) is 13.2 Å². The van der Waals surface area contributed by atoms with Crippen molar-refractivity contribution in [2.45, 2.75) is 4.90 Å². The average molecular weight is 399 g/mol. The predicted octanol–water partition coefficient (Wildman–Crippen LogP) is 3.99. The molecule has 0 spiro atoms. The number of carboxylic acids is 1. The van der Waals surface area contributed by atoms with Gasteiger partial charge in [-0.15, -0.1) is 0 Å². The van der Waals surface area contributed by atoms with E-state index < -0.39 is 16.0 Å². The highest BCUT2D eigenvalue weighted by atomic mass is 32.2. The highest BCUT2D eigenvalue weighted by Crippen LogP contribution is 2.33. The maximum absolute atomic E-state index is 12.9. The van der Waals surface area contributed by atoms with E-state index in [1.807, 2.05) is 6.07 Å². The molecule has 7 nitrogen and oxygen atoms in total. The van der Waals surface area contributed by atoms with Gasteiger partial charge in [0.15, 0.2) is 5.75 Å². The van der Waals surface area contributed by atoms with Crippen LogP contribution in [0.15, 0.2) is 77.7 Å². The molecule has 3 aromatic carbocycles. The first-order chi connectivity index (χ1) is 13.4. The van der Waals surface area contributed by atoms with Gasteiger partial charge in [-0.3, -0.25) is 4.72 Å². The van der Waals surface area contributed by atoms with Crippen molar-refractivity contribution in [2.75, 3.05) is 11.8 Å². The first kappa shape index (κ1) is 19.2. The lowest BCUT2D eigenvalue weighted by Gasteiger charge is -2.15. The number of carboxylic acid groups (broad SMARTS) is 1. The molecular weight excluding hydrogens is 382 g/mol. The molecule has 0 unspecified atom stereocenters. The summed E-state index contributed by atoms with van der Waals surface area (Å²) in [6.07, 6.45) is 0. The van der Waals surface area contributed by atoms with Crippen LogP contribution in [0.3, 0.4) is 0 Å². The minimum absolute atomic E-state index is 0.0268. The molecule has 0 atom stereocenters. The van der Waals surface area contributed by atoms with Gasteiger partial charge in [-0.1, -0.05) is 30.3 Å². The molecule has 2 N–H and O–H groups in total. The van der Waals surface area contributed by atoms with Crippen LogP contribution in [0.2, 0.25) is 0 Å². The topological polar surface area (TPSA) is 102 Å². The van der Waals surface area contributed by atoms with Gasteiger partial charge in [0.25, 0.3) is 10.0 Å². The van der Waals surface area contributed by atoms with Crippen molar-refractivity contribution < 1.29 is 27.8 Å². The number of methoxy groups -OCH3 is 1. The molecule has 0 bridgehead atoms. The van der Waals surface area contributed by atoms with Crippen molar-refractivity contribution in [3.05, 3.63) is 78.4 Å². The summed E-state index contributed by atoms with van der Waals surface area (Å²) in [6.45, 7) is 0. The maximum atomic E-state index is 12.9. The quantitative estimate of drug-likeness (QED) is 0.623. The van der Waals surface area contributed by atoms with Crippen molar-refractivity contribution in [3.8, 4) is 17.2 Å². The number of para-hydroxylation sites is 3. The molecule has 0 saturated heterocycles. The van der Waals surface area contributed by atoms with Crippen LogP contribution in [0.5, 0.6) is 17.2 Å². The first-order valence-corrected chi connectivity index (χ1v) is 9.65. The SMILES string of the molecule is COc1ccc(C(=O)O)cc1S(=O)(=O)Nc1ccccc1Oc1ccccc1. The molecule has 144 valence electrons. The Morgan fingerprint density at radius 3 is 2.29 bits per heavy atom. The Labute approximate surface area is 162 Å². The Hall–Kier alpha value is -3.52. The van der Waals surface area contributed by atoms with E-state index in [9.17, 15) is 13.2 Å². The zero-order valence-corrected chi connectivity index (χ0v) is 15.6. The van der Waals surface area contributed by atoms with E-state index in [0.29, 0.717) is 11.5 Å². The molecule has 0 aromatic heterocycles. The maximum Gasteiger partial charge on any atom is 0.335 e. The third-order valence-corrected chi connectivity index (χ3v) is 5.19. The van der Waals surface area contributed by atoms with E-state index in [1.54, 1.807) is 48.5 Å². The van der Waals surface area contributed by atoms with Gasteiger partial charge in [0.2, 0.25) is 0 Å². The second-order valence-electron chi connectivity index (χ2n) is 5.69. The van der Waals surface area contributed by atoms with E-state index in [4.69, 9.17) is 14.6 Å². The zero-order chi connectivity index (χ0) is 20.1. The molecule has 0 aliphatic rings. The third kappa shape index (κ3) is 4.24. The van der Waals surface area contributed by atoms with Crippen LogP contribution < -0.4 is 14.2 Å². The van der Waals surface area contributed by atoms with Crippen molar-refractivity contribution >= 4 is 21.7 Å². The van der Waals surface area contributed by atoms with E-state index in [-0.39, 0.29) is 21.9 Å². The van der Waals surface area contributed by atoms with Crippen LogP contribution in [-0.4, -0.2) is 26.6 Å². The fourth-order valence-electron chi connectivity index (χ4n) is 2.47. The molecule has 0 saturated carbocycles. The minimum atomic E-state index is -4.15. The monoisotopic (exact) mass is 399 g/mol. The summed E-state index contributed by atoms with van der Waals surface area (Å²) in [6, 6.07) is 19.1. The van der Waals surface area contributed by atoms with E-state index in [2.05, 4.69) is 4.72 Å². The number of hydrogen-bond acceptors (Lipinski definition) is 5. The van der Waals surface area contributed by atoms with Gasteiger partial charge in [0.1, 0.15) is 16.4 Å². The van der Waals surface area contributed by atoms with Crippen molar-refractivity contribution in [2.24, 2.45) is 0 Å². The standard InChI is InChI=1S/C20H17NO6S/c1-26-18-12-11-14(20(22)23)13-19(18)28(24,25)21-16-9-5-6-10-17(16)27-15-7-3-2-4-8-15/h2-13,21H,1H3,(H,22,23). The van der Waals surface area contributed by atoms with E-state index in [0.717, 1.165) is 6.07 Å². The van der Waals surface area contributed by atoms with Crippen LogP contribution in [0.4, 0.5) is 5.69 Å². The molecule has 0 amide bonds. The summed E-state index contributed by atoms with van der Waals surface area (Å²) in [7, 11) is -2.84.